The van der Waals surface area contributed by atoms with E-state index in [1.165, 1.54) is 18.4 Å². The lowest BCUT2D eigenvalue weighted by atomic mass is 9.82. The SMILES string of the molecule is CCCCc1ccc(C(=O)N2C[C@H]3COC[C@@]3(CO)C2)cc1. The predicted octanol–water partition coefficient (Wildman–Crippen LogP) is 2.11. The number of likely N-dealkylation sites (tertiary alicyclic amines) is 1. The van der Waals surface area contributed by atoms with Crippen molar-refractivity contribution < 1.29 is 14.6 Å². The number of fused-ring (bicyclic) bond motifs is 1. The zero-order chi connectivity index (χ0) is 15.6. The van der Waals surface area contributed by atoms with Crippen LogP contribution in [0.5, 0.6) is 0 Å². The smallest absolute Gasteiger partial charge is 0.253 e. The highest BCUT2D eigenvalue weighted by Gasteiger charge is 2.51. The number of aliphatic hydroxyl groups excluding tert-OH is 1. The first-order chi connectivity index (χ1) is 10.7. The molecule has 0 spiro atoms. The Morgan fingerprint density at radius 3 is 2.82 bits per heavy atom. The van der Waals surface area contributed by atoms with Crippen molar-refractivity contribution in [2.24, 2.45) is 11.3 Å². The standard InChI is InChI=1S/C18H25NO3/c1-2-3-4-14-5-7-15(8-6-14)17(21)19-9-16-10-22-13-18(16,11-19)12-20/h5-8,16,20H,2-4,9-13H2,1H3/t16-,18-/m0/s1. The molecule has 120 valence electrons. The molecular weight excluding hydrogens is 278 g/mol. The van der Waals surface area contributed by atoms with Crippen molar-refractivity contribution >= 4 is 5.91 Å². The number of aryl methyl sites for hydroxylation is 1. The molecule has 3 rings (SSSR count). The maximum absolute atomic E-state index is 12.7. The van der Waals surface area contributed by atoms with E-state index < -0.39 is 0 Å². The lowest BCUT2D eigenvalue weighted by Gasteiger charge is -2.24. The Kier molecular flexibility index (Phi) is 4.50. The van der Waals surface area contributed by atoms with Crippen LogP contribution in [0.25, 0.3) is 0 Å². The Labute approximate surface area is 132 Å². The molecule has 4 nitrogen and oxygen atoms in total. The number of hydrogen-bond acceptors (Lipinski definition) is 3. The van der Waals surface area contributed by atoms with Gasteiger partial charge in [0, 0.05) is 30.0 Å². The maximum atomic E-state index is 12.7. The number of nitrogens with zero attached hydrogens (tertiary/aromatic N) is 1. The molecule has 1 aromatic carbocycles. The van der Waals surface area contributed by atoms with Crippen LogP contribution < -0.4 is 0 Å². The molecule has 1 N–H and O–H groups in total. The van der Waals surface area contributed by atoms with E-state index in [9.17, 15) is 9.90 Å². The molecule has 1 aromatic rings. The number of benzene rings is 1. The molecule has 1 amide bonds. The number of ether oxygens (including phenoxy) is 1. The third-order valence-electron chi connectivity index (χ3n) is 5.14. The molecule has 4 heteroatoms. The monoisotopic (exact) mass is 303 g/mol. The molecule has 22 heavy (non-hydrogen) atoms. The molecule has 0 aliphatic carbocycles. The molecule has 0 unspecified atom stereocenters. The molecule has 2 aliphatic rings. The van der Waals surface area contributed by atoms with E-state index in [-0.39, 0.29) is 23.8 Å². The van der Waals surface area contributed by atoms with E-state index in [0.29, 0.717) is 26.3 Å². The van der Waals surface area contributed by atoms with Crippen molar-refractivity contribution in [1.82, 2.24) is 4.90 Å². The molecule has 2 aliphatic heterocycles. The third kappa shape index (κ3) is 2.77. The number of rotatable bonds is 5. The number of unbranched alkanes of at least 4 members (excludes halogenated alkanes) is 1. The summed E-state index contributed by atoms with van der Waals surface area (Å²) in [6.45, 7) is 4.79. The molecule has 2 atom stereocenters. The van der Waals surface area contributed by atoms with Crippen LogP contribution >= 0.6 is 0 Å². The number of amides is 1. The summed E-state index contributed by atoms with van der Waals surface area (Å²) in [6, 6.07) is 7.99. The summed E-state index contributed by atoms with van der Waals surface area (Å²) in [5.74, 6) is 0.342. The summed E-state index contributed by atoms with van der Waals surface area (Å²) in [7, 11) is 0. The van der Waals surface area contributed by atoms with Gasteiger partial charge in [-0.05, 0) is 30.5 Å². The zero-order valence-corrected chi connectivity index (χ0v) is 13.3. The minimum Gasteiger partial charge on any atom is -0.396 e. The molecule has 0 bridgehead atoms. The predicted molar refractivity (Wildman–Crippen MR) is 84.8 cm³/mol. The normalized spacial score (nSPS) is 27.2. The van der Waals surface area contributed by atoms with Crippen LogP contribution in [0.3, 0.4) is 0 Å². The van der Waals surface area contributed by atoms with E-state index in [1.807, 2.05) is 17.0 Å². The van der Waals surface area contributed by atoms with Gasteiger partial charge in [0.05, 0.1) is 19.8 Å². The minimum absolute atomic E-state index is 0.0734. The summed E-state index contributed by atoms with van der Waals surface area (Å²) in [6.07, 6.45) is 3.43. The van der Waals surface area contributed by atoms with Crippen molar-refractivity contribution in [3.63, 3.8) is 0 Å². The van der Waals surface area contributed by atoms with Gasteiger partial charge in [-0.1, -0.05) is 25.5 Å². The van der Waals surface area contributed by atoms with E-state index in [1.54, 1.807) is 0 Å². The van der Waals surface area contributed by atoms with Gasteiger partial charge in [0.25, 0.3) is 5.91 Å². The fourth-order valence-corrected chi connectivity index (χ4v) is 3.59. The fourth-order valence-electron chi connectivity index (χ4n) is 3.59. The van der Waals surface area contributed by atoms with Crippen LogP contribution in [0.15, 0.2) is 24.3 Å². The molecule has 0 saturated carbocycles. The van der Waals surface area contributed by atoms with Gasteiger partial charge < -0.3 is 14.7 Å². The summed E-state index contributed by atoms with van der Waals surface area (Å²) in [4.78, 5) is 14.5. The number of carbonyl (C=O) groups excluding carboxylic acids is 1. The molecule has 2 heterocycles. The molecule has 2 fully saturated rings. The third-order valence-corrected chi connectivity index (χ3v) is 5.14. The second-order valence-electron chi connectivity index (χ2n) is 6.72. The highest BCUT2D eigenvalue weighted by atomic mass is 16.5. The van der Waals surface area contributed by atoms with Gasteiger partial charge in [0.1, 0.15) is 0 Å². The number of aliphatic hydroxyl groups is 1. The minimum atomic E-state index is -0.239. The van der Waals surface area contributed by atoms with Gasteiger partial charge in [-0.2, -0.15) is 0 Å². The van der Waals surface area contributed by atoms with Crippen LogP contribution in [-0.2, 0) is 11.2 Å². The van der Waals surface area contributed by atoms with Crippen molar-refractivity contribution in [2.75, 3.05) is 32.9 Å². The van der Waals surface area contributed by atoms with Crippen molar-refractivity contribution in [2.45, 2.75) is 26.2 Å². The van der Waals surface area contributed by atoms with Crippen LogP contribution in [0.2, 0.25) is 0 Å². The summed E-state index contributed by atoms with van der Waals surface area (Å²) in [5.41, 5.74) is 1.79. The van der Waals surface area contributed by atoms with Gasteiger partial charge in [-0.25, -0.2) is 0 Å². The van der Waals surface area contributed by atoms with E-state index in [0.717, 1.165) is 12.0 Å². The largest absolute Gasteiger partial charge is 0.396 e. The van der Waals surface area contributed by atoms with Crippen LogP contribution in [0, 0.1) is 11.3 Å². The van der Waals surface area contributed by atoms with E-state index in [2.05, 4.69) is 19.1 Å². The zero-order valence-electron chi connectivity index (χ0n) is 13.3. The first kappa shape index (κ1) is 15.5. The summed E-state index contributed by atoms with van der Waals surface area (Å²) >= 11 is 0. The van der Waals surface area contributed by atoms with Crippen LogP contribution in [0.4, 0.5) is 0 Å². The van der Waals surface area contributed by atoms with Crippen molar-refractivity contribution in [1.29, 1.82) is 0 Å². The van der Waals surface area contributed by atoms with Gasteiger partial charge in [0.2, 0.25) is 0 Å². The van der Waals surface area contributed by atoms with Crippen LogP contribution in [0.1, 0.15) is 35.7 Å². The summed E-state index contributed by atoms with van der Waals surface area (Å²) in [5, 5.41) is 9.70. The Hall–Kier alpha value is -1.39. The first-order valence-electron chi connectivity index (χ1n) is 8.25. The van der Waals surface area contributed by atoms with Gasteiger partial charge in [-0.15, -0.1) is 0 Å². The topological polar surface area (TPSA) is 49.8 Å². The Bertz CT molecular complexity index is 528. The lowest BCUT2D eigenvalue weighted by Crippen LogP contribution is -2.36. The molecule has 2 saturated heterocycles. The molecule has 0 aromatic heterocycles. The van der Waals surface area contributed by atoms with Gasteiger partial charge >= 0.3 is 0 Å². The summed E-state index contributed by atoms with van der Waals surface area (Å²) < 4.78 is 5.49. The second-order valence-corrected chi connectivity index (χ2v) is 6.72. The van der Waals surface area contributed by atoms with Gasteiger partial charge in [-0.3, -0.25) is 4.79 Å². The van der Waals surface area contributed by atoms with Crippen molar-refractivity contribution in [3.05, 3.63) is 35.4 Å². The highest BCUT2D eigenvalue weighted by molar-refractivity contribution is 5.94. The Morgan fingerprint density at radius 1 is 1.41 bits per heavy atom. The Balaban J connectivity index is 1.67. The van der Waals surface area contributed by atoms with Crippen molar-refractivity contribution in [3.8, 4) is 0 Å². The van der Waals surface area contributed by atoms with Gasteiger partial charge in [0.15, 0.2) is 0 Å². The number of hydrogen-bond donors (Lipinski definition) is 1. The second kappa shape index (κ2) is 6.39. The fraction of sp³-hybridized carbons (Fsp3) is 0.611. The van der Waals surface area contributed by atoms with E-state index in [4.69, 9.17) is 4.74 Å². The van der Waals surface area contributed by atoms with Crippen LogP contribution in [-0.4, -0.2) is 48.8 Å². The Morgan fingerprint density at radius 2 is 2.18 bits per heavy atom. The highest BCUT2D eigenvalue weighted by Crippen LogP contribution is 2.41. The first-order valence-corrected chi connectivity index (χ1v) is 8.25. The maximum Gasteiger partial charge on any atom is 0.253 e. The number of carbonyl (C=O) groups is 1. The lowest BCUT2D eigenvalue weighted by molar-refractivity contribution is 0.0631. The average molecular weight is 303 g/mol. The molecule has 0 radical (unpaired) electrons. The molecular formula is C18H25NO3. The average Bonchev–Trinajstić information content (AvgIpc) is 3.10. The van der Waals surface area contributed by atoms with E-state index >= 15 is 0 Å². The quantitative estimate of drug-likeness (QED) is 0.906.